The monoisotopic (exact) mass is 224 g/mol. The van der Waals surface area contributed by atoms with Crippen molar-refractivity contribution in [3.05, 3.63) is 37.1 Å². The highest BCUT2D eigenvalue weighted by Crippen LogP contribution is 2.36. The van der Waals surface area contributed by atoms with Crippen molar-refractivity contribution in [2.45, 2.75) is 45.3 Å². The van der Waals surface area contributed by atoms with Crippen LogP contribution in [0.15, 0.2) is 37.1 Å². The van der Waals surface area contributed by atoms with E-state index >= 15 is 0 Å². The summed E-state index contributed by atoms with van der Waals surface area (Å²) in [6.07, 6.45) is 6.36. The molecule has 0 aromatic rings. The van der Waals surface area contributed by atoms with Crippen LogP contribution in [0.1, 0.15) is 27.2 Å². The van der Waals surface area contributed by atoms with E-state index in [1.54, 1.807) is 0 Å². The molecule has 1 nitrogen and oxygen atoms in total. The Bertz CT molecular complexity index is 256. The van der Waals surface area contributed by atoms with Gasteiger partial charge in [-0.1, -0.05) is 39.5 Å². The van der Waals surface area contributed by atoms with Crippen LogP contribution >= 0.6 is 0 Å². The fourth-order valence-electron chi connectivity index (χ4n) is 0.746. The summed E-state index contributed by atoms with van der Waals surface area (Å²) in [7, 11) is -1.67. The first-order valence-electron chi connectivity index (χ1n) is 5.35. The van der Waals surface area contributed by atoms with Gasteiger partial charge in [0.1, 0.15) is 0 Å². The zero-order valence-corrected chi connectivity index (χ0v) is 11.8. The zero-order chi connectivity index (χ0) is 12.1. The molecule has 0 saturated heterocycles. The van der Waals surface area contributed by atoms with E-state index in [2.05, 4.69) is 47.0 Å². The van der Waals surface area contributed by atoms with Crippen molar-refractivity contribution in [3.8, 4) is 0 Å². The summed E-state index contributed by atoms with van der Waals surface area (Å²) < 4.78 is 5.96. The third-order valence-corrected chi connectivity index (χ3v) is 7.27. The van der Waals surface area contributed by atoms with Crippen LogP contribution in [0, 0.1) is 0 Å². The van der Waals surface area contributed by atoms with Crippen molar-refractivity contribution >= 4 is 8.32 Å². The molecule has 0 aromatic carbocycles. The number of allylic oxidation sites excluding steroid dienone is 3. The molecule has 0 heterocycles. The smallest absolute Gasteiger partial charge is 0.249 e. The van der Waals surface area contributed by atoms with Crippen LogP contribution in [-0.2, 0) is 4.43 Å². The molecular formula is C13H24OSi. The fraction of sp³-hybridized carbons (Fsp3) is 0.538. The van der Waals surface area contributed by atoms with E-state index < -0.39 is 8.32 Å². The maximum atomic E-state index is 5.96. The van der Waals surface area contributed by atoms with Crippen LogP contribution in [-0.4, -0.2) is 8.32 Å². The summed E-state index contributed by atoms with van der Waals surface area (Å²) in [5.41, 5.74) is 1.09. The molecule has 0 aromatic heterocycles. The molecule has 0 atom stereocenters. The molecule has 0 bridgehead atoms. The molecule has 2 heteroatoms. The van der Waals surface area contributed by atoms with Gasteiger partial charge in [-0.25, -0.2) is 0 Å². The Hall–Kier alpha value is -0.763. The Kier molecular flexibility index (Phi) is 5.08. The van der Waals surface area contributed by atoms with Gasteiger partial charge < -0.3 is 4.43 Å². The summed E-state index contributed by atoms with van der Waals surface area (Å²) in [6, 6.07) is 0. The predicted molar refractivity (Wildman–Crippen MR) is 71.4 cm³/mol. The minimum atomic E-state index is -1.67. The number of hydrogen-bond acceptors (Lipinski definition) is 1. The van der Waals surface area contributed by atoms with Crippen molar-refractivity contribution < 1.29 is 4.43 Å². The molecule has 15 heavy (non-hydrogen) atoms. The van der Waals surface area contributed by atoms with Gasteiger partial charge in [0.15, 0.2) is 0 Å². The minimum Gasteiger partial charge on any atom is -0.549 e. The maximum absolute atomic E-state index is 5.96. The first-order chi connectivity index (χ1) is 6.74. The minimum absolute atomic E-state index is 0.240. The van der Waals surface area contributed by atoms with E-state index in [-0.39, 0.29) is 5.04 Å². The van der Waals surface area contributed by atoms with Gasteiger partial charge in [0.2, 0.25) is 8.32 Å². The molecule has 0 N–H and O–H groups in total. The lowest BCUT2D eigenvalue weighted by Gasteiger charge is -2.35. The van der Waals surface area contributed by atoms with Gasteiger partial charge in [-0.05, 0) is 30.1 Å². The van der Waals surface area contributed by atoms with Gasteiger partial charge in [-0.15, -0.1) is 6.58 Å². The maximum Gasteiger partial charge on any atom is 0.249 e. The molecule has 0 aliphatic carbocycles. The summed E-state index contributed by atoms with van der Waals surface area (Å²) in [5, 5.41) is 0.240. The molecule has 0 amide bonds. The van der Waals surface area contributed by atoms with Gasteiger partial charge in [-0.3, -0.25) is 0 Å². The predicted octanol–water partition coefficient (Wildman–Crippen LogP) is 4.65. The highest BCUT2D eigenvalue weighted by Gasteiger charge is 2.38. The molecule has 0 saturated carbocycles. The van der Waals surface area contributed by atoms with Gasteiger partial charge in [0, 0.05) is 0 Å². The lowest BCUT2D eigenvalue weighted by Crippen LogP contribution is -2.39. The van der Waals surface area contributed by atoms with E-state index in [0.29, 0.717) is 0 Å². The molecule has 0 fully saturated rings. The average molecular weight is 224 g/mol. The van der Waals surface area contributed by atoms with E-state index in [9.17, 15) is 0 Å². The van der Waals surface area contributed by atoms with Crippen molar-refractivity contribution in [3.63, 3.8) is 0 Å². The van der Waals surface area contributed by atoms with E-state index in [1.807, 2.05) is 18.4 Å². The van der Waals surface area contributed by atoms with Gasteiger partial charge >= 0.3 is 0 Å². The Balaban J connectivity index is 4.59. The van der Waals surface area contributed by atoms with Gasteiger partial charge in [-0.2, -0.15) is 0 Å². The molecule has 0 rings (SSSR count). The fourth-order valence-corrected chi connectivity index (χ4v) is 1.55. The topological polar surface area (TPSA) is 9.23 Å². The highest BCUT2D eigenvalue weighted by atomic mass is 28.4. The lowest BCUT2D eigenvalue weighted by molar-refractivity contribution is 0.426. The molecule has 86 valence electrons. The zero-order valence-electron chi connectivity index (χ0n) is 10.8. The Morgan fingerprint density at radius 2 is 1.80 bits per heavy atom. The number of rotatable bonds is 5. The molecular weight excluding hydrogens is 200 g/mol. The third-order valence-electron chi connectivity index (χ3n) is 2.95. The molecule has 0 aliphatic heterocycles. The second-order valence-corrected chi connectivity index (χ2v) is 10.0. The van der Waals surface area contributed by atoms with Crippen LogP contribution in [0.5, 0.6) is 0 Å². The van der Waals surface area contributed by atoms with Gasteiger partial charge in [0.05, 0.1) is 6.26 Å². The Morgan fingerprint density at radius 1 is 1.27 bits per heavy atom. The molecule has 0 unspecified atom stereocenters. The van der Waals surface area contributed by atoms with Crippen LogP contribution in [0.2, 0.25) is 18.1 Å². The average Bonchev–Trinajstić information content (AvgIpc) is 2.10. The van der Waals surface area contributed by atoms with Crippen molar-refractivity contribution in [2.24, 2.45) is 0 Å². The summed E-state index contributed by atoms with van der Waals surface area (Å²) in [6.45, 7) is 18.6. The van der Waals surface area contributed by atoms with E-state index in [0.717, 1.165) is 12.0 Å². The summed E-state index contributed by atoms with van der Waals surface area (Å²) in [5.74, 6) is 0. The normalized spacial score (nSPS) is 13.5. The van der Waals surface area contributed by atoms with E-state index in [4.69, 9.17) is 4.43 Å². The largest absolute Gasteiger partial charge is 0.549 e. The van der Waals surface area contributed by atoms with Crippen molar-refractivity contribution in [2.75, 3.05) is 0 Å². The third kappa shape index (κ3) is 4.52. The number of hydrogen-bond donors (Lipinski definition) is 0. The highest BCUT2D eigenvalue weighted by molar-refractivity contribution is 6.74. The second kappa shape index (κ2) is 5.36. The van der Waals surface area contributed by atoms with Crippen molar-refractivity contribution in [1.29, 1.82) is 0 Å². The quantitative estimate of drug-likeness (QED) is 0.286. The Labute approximate surface area is 95.7 Å². The van der Waals surface area contributed by atoms with Crippen molar-refractivity contribution in [1.82, 2.24) is 0 Å². The first kappa shape index (κ1) is 14.2. The lowest BCUT2D eigenvalue weighted by atomic mass is 10.2. The van der Waals surface area contributed by atoms with Crippen LogP contribution in [0.4, 0.5) is 0 Å². The van der Waals surface area contributed by atoms with Crippen LogP contribution < -0.4 is 0 Å². The molecule has 0 radical (unpaired) electrons. The SMILES string of the molecule is C=CC/C(C=C)=C\O[Si](C)(C)C(C)(C)C. The van der Waals surface area contributed by atoms with Gasteiger partial charge in [0.25, 0.3) is 0 Å². The van der Waals surface area contributed by atoms with E-state index in [1.165, 1.54) is 0 Å². The Morgan fingerprint density at radius 3 is 2.13 bits per heavy atom. The summed E-state index contributed by atoms with van der Waals surface area (Å²) >= 11 is 0. The first-order valence-corrected chi connectivity index (χ1v) is 8.25. The van der Waals surface area contributed by atoms with Crippen LogP contribution in [0.25, 0.3) is 0 Å². The molecule has 0 spiro atoms. The molecule has 0 aliphatic rings. The second-order valence-electron chi connectivity index (χ2n) is 5.27. The standard InChI is InChI=1S/C13H24OSi/c1-8-10-12(9-2)11-14-15(6,7)13(3,4)5/h8-9,11H,1-2,10H2,3-7H3/b12-11-. The van der Waals surface area contributed by atoms with Crippen LogP contribution in [0.3, 0.4) is 0 Å². The summed E-state index contributed by atoms with van der Waals surface area (Å²) in [4.78, 5) is 0.